The van der Waals surface area contributed by atoms with Gasteiger partial charge in [-0.1, -0.05) is 42.5 Å². The molecule has 3 saturated heterocycles. The number of methoxy groups -OCH3 is 1. The lowest BCUT2D eigenvalue weighted by Crippen LogP contribution is -2.44. The molecule has 2 bridgehead atoms. The first-order chi connectivity index (χ1) is 13.2. The molecule has 0 aliphatic carbocycles. The smallest absolute Gasteiger partial charge is 0.257 e. The van der Waals surface area contributed by atoms with E-state index in [2.05, 4.69) is 40.1 Å². The van der Waals surface area contributed by atoms with Gasteiger partial charge in [0.15, 0.2) is 0 Å². The first kappa shape index (κ1) is 18.1. The summed E-state index contributed by atoms with van der Waals surface area (Å²) in [6.45, 7) is 5.69. The van der Waals surface area contributed by atoms with Crippen LogP contribution in [0.3, 0.4) is 0 Å². The largest absolute Gasteiger partial charge is 0.496 e. The molecule has 5 rings (SSSR count). The lowest BCUT2D eigenvalue weighted by Gasteiger charge is -2.36. The van der Waals surface area contributed by atoms with Crippen molar-refractivity contribution in [2.75, 3.05) is 26.7 Å². The highest BCUT2D eigenvalue weighted by Crippen LogP contribution is 2.31. The lowest BCUT2D eigenvalue weighted by molar-refractivity contribution is 0.0732. The van der Waals surface area contributed by atoms with Gasteiger partial charge in [-0.05, 0) is 42.9 Å². The lowest BCUT2D eigenvalue weighted by atomic mass is 9.94. The van der Waals surface area contributed by atoms with Crippen molar-refractivity contribution in [2.24, 2.45) is 5.92 Å². The molecule has 4 heteroatoms. The van der Waals surface area contributed by atoms with Gasteiger partial charge in [0.1, 0.15) is 5.75 Å². The first-order valence-corrected chi connectivity index (χ1v) is 9.86. The third-order valence-electron chi connectivity index (χ3n) is 6.01. The first-order valence-electron chi connectivity index (χ1n) is 9.86. The van der Waals surface area contributed by atoms with E-state index in [1.807, 2.05) is 25.1 Å². The maximum atomic E-state index is 13.4. The van der Waals surface area contributed by atoms with Crippen LogP contribution in [-0.4, -0.2) is 48.5 Å². The number of hydrogen-bond acceptors (Lipinski definition) is 3. The Morgan fingerprint density at radius 1 is 1.04 bits per heavy atom. The fourth-order valence-corrected chi connectivity index (χ4v) is 4.60. The number of rotatable bonds is 4. The highest BCUT2D eigenvalue weighted by Gasteiger charge is 2.37. The van der Waals surface area contributed by atoms with Gasteiger partial charge >= 0.3 is 0 Å². The number of carbonyl (C=O) groups excluding carboxylic acids is 1. The summed E-state index contributed by atoms with van der Waals surface area (Å²) in [4.78, 5) is 18.0. The number of ether oxygens (including phenoxy) is 1. The highest BCUT2D eigenvalue weighted by molar-refractivity contribution is 5.98. The second-order valence-corrected chi connectivity index (χ2v) is 7.87. The topological polar surface area (TPSA) is 32.8 Å². The summed E-state index contributed by atoms with van der Waals surface area (Å²) in [5.74, 6) is 1.34. The van der Waals surface area contributed by atoms with Crippen LogP contribution in [-0.2, 0) is 6.54 Å². The van der Waals surface area contributed by atoms with E-state index in [1.54, 1.807) is 7.11 Å². The minimum absolute atomic E-state index is 0.114. The third kappa shape index (κ3) is 3.72. The van der Waals surface area contributed by atoms with E-state index in [1.165, 1.54) is 18.4 Å². The Bertz CT molecular complexity index is 805. The number of piperidine rings is 1. The molecule has 1 amide bonds. The summed E-state index contributed by atoms with van der Waals surface area (Å²) in [6, 6.07) is 16.9. The molecule has 3 heterocycles. The van der Waals surface area contributed by atoms with Gasteiger partial charge in [-0.25, -0.2) is 0 Å². The number of benzene rings is 2. The van der Waals surface area contributed by atoms with Crippen LogP contribution in [0.2, 0.25) is 0 Å². The molecule has 0 saturated carbocycles. The molecule has 0 aromatic heterocycles. The van der Waals surface area contributed by atoms with Gasteiger partial charge in [0.25, 0.3) is 5.91 Å². The summed E-state index contributed by atoms with van der Waals surface area (Å²) in [5, 5.41) is 0. The standard InChI is InChI=1S/C23H28N2O2/c1-17-7-6-10-21(27-2)22(17)23(26)25-15-19-11-12-20(16-25)24(14-19)13-18-8-4-3-5-9-18/h3-10,19-20H,11-16H2,1-2H3/t19-,20-/m0/s1. The van der Waals surface area contributed by atoms with E-state index in [-0.39, 0.29) is 5.91 Å². The second kappa shape index (κ2) is 7.73. The molecular weight excluding hydrogens is 336 g/mol. The molecule has 2 aromatic rings. The van der Waals surface area contributed by atoms with Crippen molar-refractivity contribution in [2.45, 2.75) is 32.4 Å². The van der Waals surface area contributed by atoms with Crippen LogP contribution < -0.4 is 4.74 Å². The summed E-state index contributed by atoms with van der Waals surface area (Å²) >= 11 is 0. The van der Waals surface area contributed by atoms with Gasteiger partial charge < -0.3 is 9.64 Å². The van der Waals surface area contributed by atoms with Gasteiger partial charge in [0.2, 0.25) is 0 Å². The fraction of sp³-hybridized carbons (Fsp3) is 0.435. The Labute approximate surface area is 161 Å². The summed E-state index contributed by atoms with van der Waals surface area (Å²) < 4.78 is 5.48. The SMILES string of the molecule is COc1cccc(C)c1C(=O)N1C[C@H]2CC[C@@H](C1)N(Cc1ccccc1)C2. The van der Waals surface area contributed by atoms with Gasteiger partial charge in [-0.3, -0.25) is 9.69 Å². The zero-order valence-electron chi connectivity index (χ0n) is 16.2. The third-order valence-corrected chi connectivity index (χ3v) is 6.01. The summed E-state index contributed by atoms with van der Waals surface area (Å²) in [7, 11) is 1.64. The fourth-order valence-electron chi connectivity index (χ4n) is 4.60. The van der Waals surface area contributed by atoms with Crippen LogP contribution in [0.5, 0.6) is 5.75 Å². The number of aryl methyl sites for hydroxylation is 1. The van der Waals surface area contributed by atoms with Crippen molar-refractivity contribution >= 4 is 5.91 Å². The Morgan fingerprint density at radius 2 is 1.85 bits per heavy atom. The Morgan fingerprint density at radius 3 is 2.63 bits per heavy atom. The second-order valence-electron chi connectivity index (χ2n) is 7.87. The molecule has 3 aliphatic rings. The maximum Gasteiger partial charge on any atom is 0.257 e. The molecule has 3 aliphatic heterocycles. The number of nitrogens with zero attached hydrogens (tertiary/aromatic N) is 2. The molecule has 3 fully saturated rings. The molecule has 4 nitrogen and oxygen atoms in total. The molecule has 0 unspecified atom stereocenters. The quantitative estimate of drug-likeness (QED) is 0.828. The number of hydrogen-bond donors (Lipinski definition) is 0. The van der Waals surface area contributed by atoms with Crippen LogP contribution in [0, 0.1) is 12.8 Å². The van der Waals surface area contributed by atoms with Crippen molar-refractivity contribution in [3.05, 3.63) is 65.2 Å². The van der Waals surface area contributed by atoms with E-state index < -0.39 is 0 Å². The Kier molecular flexibility index (Phi) is 5.17. The van der Waals surface area contributed by atoms with Crippen LogP contribution in [0.25, 0.3) is 0 Å². The van der Waals surface area contributed by atoms with Crippen molar-refractivity contribution in [1.29, 1.82) is 0 Å². The van der Waals surface area contributed by atoms with E-state index in [0.29, 0.717) is 17.7 Å². The number of fused-ring (bicyclic) bond motifs is 4. The number of amides is 1. The van der Waals surface area contributed by atoms with Crippen LogP contribution >= 0.6 is 0 Å². The van der Waals surface area contributed by atoms with Crippen molar-refractivity contribution in [3.63, 3.8) is 0 Å². The maximum absolute atomic E-state index is 13.4. The van der Waals surface area contributed by atoms with Gasteiger partial charge in [-0.2, -0.15) is 0 Å². The number of carbonyl (C=O) groups is 1. The molecule has 0 N–H and O–H groups in total. The average molecular weight is 364 g/mol. The monoisotopic (exact) mass is 364 g/mol. The average Bonchev–Trinajstić information content (AvgIpc) is 3.00. The Balaban J connectivity index is 1.54. The van der Waals surface area contributed by atoms with E-state index in [4.69, 9.17) is 4.74 Å². The van der Waals surface area contributed by atoms with Gasteiger partial charge in [0.05, 0.1) is 12.7 Å². The molecule has 27 heavy (non-hydrogen) atoms. The molecule has 142 valence electrons. The zero-order chi connectivity index (χ0) is 18.8. The predicted molar refractivity (Wildman–Crippen MR) is 107 cm³/mol. The Hall–Kier alpha value is -2.33. The minimum atomic E-state index is 0.114. The van der Waals surface area contributed by atoms with Gasteiger partial charge in [-0.15, -0.1) is 0 Å². The van der Waals surface area contributed by atoms with Crippen LogP contribution in [0.15, 0.2) is 48.5 Å². The summed E-state index contributed by atoms with van der Waals surface area (Å²) in [6.07, 6.45) is 2.39. The van der Waals surface area contributed by atoms with Crippen molar-refractivity contribution < 1.29 is 9.53 Å². The molecular formula is C23H28N2O2. The molecule has 2 atom stereocenters. The minimum Gasteiger partial charge on any atom is -0.496 e. The van der Waals surface area contributed by atoms with E-state index in [0.717, 1.165) is 37.3 Å². The van der Waals surface area contributed by atoms with Crippen molar-refractivity contribution in [1.82, 2.24) is 9.80 Å². The highest BCUT2D eigenvalue weighted by atomic mass is 16.5. The zero-order valence-corrected chi connectivity index (χ0v) is 16.2. The van der Waals surface area contributed by atoms with Gasteiger partial charge in [0, 0.05) is 32.2 Å². The molecule has 2 aromatic carbocycles. The predicted octanol–water partition coefficient (Wildman–Crippen LogP) is 3.74. The van der Waals surface area contributed by atoms with Crippen LogP contribution in [0.4, 0.5) is 0 Å². The van der Waals surface area contributed by atoms with Crippen LogP contribution in [0.1, 0.15) is 34.3 Å². The van der Waals surface area contributed by atoms with Crippen molar-refractivity contribution in [3.8, 4) is 5.75 Å². The molecule has 0 spiro atoms. The molecule has 0 radical (unpaired) electrons. The summed E-state index contributed by atoms with van der Waals surface area (Å²) in [5.41, 5.74) is 3.05. The van der Waals surface area contributed by atoms with E-state index >= 15 is 0 Å². The van der Waals surface area contributed by atoms with E-state index in [9.17, 15) is 4.79 Å². The normalized spacial score (nSPS) is 22.5.